The van der Waals surface area contributed by atoms with Crippen molar-refractivity contribution in [1.82, 2.24) is 4.98 Å². The van der Waals surface area contributed by atoms with Crippen LogP contribution < -0.4 is 10.6 Å². The minimum atomic E-state index is -0.451. The molecule has 0 saturated carbocycles. The van der Waals surface area contributed by atoms with Crippen LogP contribution in [0.5, 0.6) is 0 Å². The van der Waals surface area contributed by atoms with Crippen molar-refractivity contribution < 1.29 is 9.53 Å². The molecule has 0 spiro atoms. The molecular formula is C12H17N3O2. The molecule has 1 fully saturated rings. The van der Waals surface area contributed by atoms with Crippen LogP contribution in [-0.2, 0) is 4.74 Å². The predicted octanol–water partition coefficient (Wildman–Crippen LogP) is 0.794. The van der Waals surface area contributed by atoms with Crippen LogP contribution >= 0.6 is 0 Å². The number of nitrogens with zero attached hydrogens (tertiary/aromatic N) is 2. The van der Waals surface area contributed by atoms with E-state index < -0.39 is 5.91 Å². The van der Waals surface area contributed by atoms with E-state index in [4.69, 9.17) is 10.5 Å². The Morgan fingerprint density at radius 1 is 1.41 bits per heavy atom. The zero-order valence-corrected chi connectivity index (χ0v) is 10.1. The smallest absolute Gasteiger partial charge is 0.250 e. The molecule has 5 heteroatoms. The Balaban J connectivity index is 2.14. The zero-order valence-electron chi connectivity index (χ0n) is 10.1. The second-order valence-electron chi connectivity index (χ2n) is 4.43. The number of aromatic nitrogens is 1. The van der Waals surface area contributed by atoms with Crippen LogP contribution in [0.1, 0.15) is 24.2 Å². The molecule has 2 atom stereocenters. The first-order chi connectivity index (χ1) is 8.06. The summed E-state index contributed by atoms with van der Waals surface area (Å²) in [5.41, 5.74) is 5.61. The van der Waals surface area contributed by atoms with Gasteiger partial charge in [-0.3, -0.25) is 4.79 Å². The second-order valence-corrected chi connectivity index (χ2v) is 4.43. The van der Waals surface area contributed by atoms with E-state index in [-0.39, 0.29) is 12.2 Å². The zero-order chi connectivity index (χ0) is 12.4. The molecule has 0 bridgehead atoms. The van der Waals surface area contributed by atoms with Gasteiger partial charge in [0.2, 0.25) is 5.91 Å². The average Bonchev–Trinajstić information content (AvgIpc) is 2.28. The van der Waals surface area contributed by atoms with E-state index in [1.54, 1.807) is 6.07 Å². The Morgan fingerprint density at radius 2 is 2.06 bits per heavy atom. The first-order valence-electron chi connectivity index (χ1n) is 5.72. The maximum atomic E-state index is 10.9. The number of anilines is 1. The van der Waals surface area contributed by atoms with Crippen molar-refractivity contribution in [3.8, 4) is 0 Å². The molecule has 1 aromatic rings. The molecular weight excluding hydrogens is 218 g/mol. The molecule has 0 aliphatic carbocycles. The summed E-state index contributed by atoms with van der Waals surface area (Å²) < 4.78 is 5.66. The van der Waals surface area contributed by atoms with Gasteiger partial charge in [-0.2, -0.15) is 0 Å². The fraction of sp³-hybridized carbons (Fsp3) is 0.500. The van der Waals surface area contributed by atoms with Crippen molar-refractivity contribution in [2.75, 3.05) is 18.0 Å². The largest absolute Gasteiger partial charge is 0.372 e. The van der Waals surface area contributed by atoms with Crippen LogP contribution in [0.25, 0.3) is 0 Å². The van der Waals surface area contributed by atoms with Crippen LogP contribution in [0.4, 0.5) is 5.82 Å². The average molecular weight is 235 g/mol. The summed E-state index contributed by atoms with van der Waals surface area (Å²) in [7, 11) is 0. The van der Waals surface area contributed by atoms with E-state index in [9.17, 15) is 4.79 Å². The summed E-state index contributed by atoms with van der Waals surface area (Å²) in [4.78, 5) is 17.4. The summed E-state index contributed by atoms with van der Waals surface area (Å²) >= 11 is 0. The molecule has 0 aromatic carbocycles. The third-order valence-electron chi connectivity index (χ3n) is 2.78. The van der Waals surface area contributed by atoms with Crippen molar-refractivity contribution >= 4 is 11.7 Å². The highest BCUT2D eigenvalue weighted by Crippen LogP contribution is 2.18. The van der Waals surface area contributed by atoms with E-state index in [1.165, 1.54) is 6.20 Å². The van der Waals surface area contributed by atoms with Gasteiger partial charge in [0.25, 0.3) is 0 Å². The number of hydrogen-bond acceptors (Lipinski definition) is 4. The topological polar surface area (TPSA) is 68.5 Å². The molecule has 1 aliphatic rings. The van der Waals surface area contributed by atoms with Gasteiger partial charge in [-0.05, 0) is 26.0 Å². The van der Waals surface area contributed by atoms with E-state index in [0.29, 0.717) is 5.56 Å². The standard InChI is InChI=1S/C12H17N3O2/c1-8-6-15(7-9(2)17-8)11-4-3-10(5-14-11)12(13)16/h3-5,8-9H,6-7H2,1-2H3,(H2,13,16)/t8-,9+. The number of hydrogen-bond donors (Lipinski definition) is 1. The minimum absolute atomic E-state index is 0.191. The molecule has 17 heavy (non-hydrogen) atoms. The van der Waals surface area contributed by atoms with Crippen LogP contribution in [0.3, 0.4) is 0 Å². The molecule has 1 aromatic heterocycles. The predicted molar refractivity (Wildman–Crippen MR) is 65.0 cm³/mol. The highest BCUT2D eigenvalue weighted by atomic mass is 16.5. The first-order valence-corrected chi connectivity index (χ1v) is 5.72. The van der Waals surface area contributed by atoms with Crippen molar-refractivity contribution in [2.45, 2.75) is 26.1 Å². The number of rotatable bonds is 2. The fourth-order valence-electron chi connectivity index (χ4n) is 2.08. The number of carbonyl (C=O) groups is 1. The molecule has 2 rings (SSSR count). The van der Waals surface area contributed by atoms with Gasteiger partial charge in [0.05, 0.1) is 17.8 Å². The highest BCUT2D eigenvalue weighted by Gasteiger charge is 2.23. The van der Waals surface area contributed by atoms with Gasteiger partial charge < -0.3 is 15.4 Å². The number of morpholine rings is 1. The Labute approximate surface area is 101 Å². The molecule has 2 heterocycles. The number of amides is 1. The summed E-state index contributed by atoms with van der Waals surface area (Å²) in [6.07, 6.45) is 1.90. The van der Waals surface area contributed by atoms with Crippen LogP contribution in [0.15, 0.2) is 18.3 Å². The van der Waals surface area contributed by atoms with Crippen molar-refractivity contribution in [1.29, 1.82) is 0 Å². The van der Waals surface area contributed by atoms with Gasteiger partial charge in [0.1, 0.15) is 5.82 Å². The Bertz CT molecular complexity index is 395. The molecule has 0 unspecified atom stereocenters. The SMILES string of the molecule is C[C@@H]1CN(c2ccc(C(N)=O)cn2)C[C@H](C)O1. The van der Waals surface area contributed by atoms with Gasteiger partial charge >= 0.3 is 0 Å². The van der Waals surface area contributed by atoms with Crippen LogP contribution in [0.2, 0.25) is 0 Å². The summed E-state index contributed by atoms with van der Waals surface area (Å²) in [5, 5.41) is 0. The van der Waals surface area contributed by atoms with Gasteiger partial charge in [0.15, 0.2) is 0 Å². The lowest BCUT2D eigenvalue weighted by atomic mass is 10.2. The van der Waals surface area contributed by atoms with Gasteiger partial charge in [0, 0.05) is 19.3 Å². The highest BCUT2D eigenvalue weighted by molar-refractivity contribution is 5.92. The molecule has 5 nitrogen and oxygen atoms in total. The van der Waals surface area contributed by atoms with Gasteiger partial charge in [-0.25, -0.2) is 4.98 Å². The lowest BCUT2D eigenvalue weighted by Crippen LogP contribution is -2.45. The minimum Gasteiger partial charge on any atom is -0.372 e. The molecule has 0 radical (unpaired) electrons. The number of primary amides is 1. The maximum Gasteiger partial charge on any atom is 0.250 e. The second kappa shape index (κ2) is 4.71. The Morgan fingerprint density at radius 3 is 2.53 bits per heavy atom. The summed E-state index contributed by atoms with van der Waals surface area (Å²) in [6.45, 7) is 5.71. The fourth-order valence-corrected chi connectivity index (χ4v) is 2.08. The Hall–Kier alpha value is -1.62. The third-order valence-corrected chi connectivity index (χ3v) is 2.78. The molecule has 1 aliphatic heterocycles. The summed E-state index contributed by atoms with van der Waals surface area (Å²) in [5.74, 6) is 0.407. The lowest BCUT2D eigenvalue weighted by Gasteiger charge is -2.36. The van der Waals surface area contributed by atoms with Crippen molar-refractivity contribution in [3.63, 3.8) is 0 Å². The Kier molecular flexibility index (Phi) is 3.28. The molecule has 92 valence electrons. The van der Waals surface area contributed by atoms with Crippen LogP contribution in [-0.4, -0.2) is 36.2 Å². The van der Waals surface area contributed by atoms with E-state index in [2.05, 4.69) is 9.88 Å². The number of ether oxygens (including phenoxy) is 1. The van der Waals surface area contributed by atoms with Gasteiger partial charge in [-0.1, -0.05) is 0 Å². The van der Waals surface area contributed by atoms with Crippen LogP contribution in [0, 0.1) is 0 Å². The lowest BCUT2D eigenvalue weighted by molar-refractivity contribution is -0.00546. The van der Waals surface area contributed by atoms with E-state index in [0.717, 1.165) is 18.9 Å². The number of pyridine rings is 1. The monoisotopic (exact) mass is 235 g/mol. The number of nitrogens with two attached hydrogens (primary N) is 1. The van der Waals surface area contributed by atoms with Crippen molar-refractivity contribution in [3.05, 3.63) is 23.9 Å². The first kappa shape index (κ1) is 11.9. The molecule has 1 saturated heterocycles. The van der Waals surface area contributed by atoms with Gasteiger partial charge in [-0.15, -0.1) is 0 Å². The maximum absolute atomic E-state index is 10.9. The number of carbonyl (C=O) groups excluding carboxylic acids is 1. The quantitative estimate of drug-likeness (QED) is 0.823. The molecule has 2 N–H and O–H groups in total. The summed E-state index contributed by atoms with van der Waals surface area (Å²) in [6, 6.07) is 3.53. The van der Waals surface area contributed by atoms with E-state index >= 15 is 0 Å². The van der Waals surface area contributed by atoms with Crippen molar-refractivity contribution in [2.24, 2.45) is 5.73 Å². The molecule has 1 amide bonds. The third kappa shape index (κ3) is 2.74. The van der Waals surface area contributed by atoms with E-state index in [1.807, 2.05) is 19.9 Å². The normalized spacial score (nSPS) is 24.7.